The van der Waals surface area contributed by atoms with Crippen LogP contribution in [0.4, 0.5) is 4.79 Å². The van der Waals surface area contributed by atoms with Crippen molar-refractivity contribution in [3.63, 3.8) is 0 Å². The summed E-state index contributed by atoms with van der Waals surface area (Å²) in [7, 11) is 1.64. The lowest BCUT2D eigenvalue weighted by molar-refractivity contribution is -0.139. The molecule has 0 aromatic heterocycles. The Hall–Kier alpha value is -2.22. The van der Waals surface area contributed by atoms with Crippen molar-refractivity contribution in [3.8, 4) is 0 Å². The molecule has 1 aromatic carbocycles. The highest BCUT2D eigenvalue weighted by Crippen LogP contribution is 2.12. The molecular weight excluding hydrogens is 356 g/mol. The van der Waals surface area contributed by atoms with E-state index in [0.29, 0.717) is 23.4 Å². The minimum Gasteiger partial charge on any atom is -0.480 e. The lowest BCUT2D eigenvalue weighted by atomic mass is 10.1. The summed E-state index contributed by atoms with van der Waals surface area (Å²) in [5.74, 6) is -1.32. The van der Waals surface area contributed by atoms with E-state index in [4.69, 9.17) is 4.74 Å². The van der Waals surface area contributed by atoms with Gasteiger partial charge in [0.25, 0.3) is 5.91 Å². The van der Waals surface area contributed by atoms with Gasteiger partial charge >= 0.3 is 12.1 Å². The molecule has 0 fully saturated rings. The number of rotatable bonds is 7. The van der Waals surface area contributed by atoms with Crippen LogP contribution in [0.5, 0.6) is 0 Å². The van der Waals surface area contributed by atoms with E-state index in [9.17, 15) is 19.5 Å². The molecule has 0 aliphatic carbocycles. The summed E-state index contributed by atoms with van der Waals surface area (Å²) >= 11 is 4.21. The van der Waals surface area contributed by atoms with Crippen LogP contribution in [0.15, 0.2) is 29.2 Å². The monoisotopic (exact) mass is 382 g/mol. The third kappa shape index (κ3) is 7.77. The molecule has 1 unspecified atom stereocenters. The molecule has 0 heterocycles. The van der Waals surface area contributed by atoms with Crippen molar-refractivity contribution in [1.29, 1.82) is 0 Å². The molecule has 7 nitrogen and oxygen atoms in total. The highest BCUT2D eigenvalue weighted by molar-refractivity contribution is 7.80. The van der Waals surface area contributed by atoms with Gasteiger partial charge < -0.3 is 20.1 Å². The molecular formula is C18H26N2O5S. The Labute approximate surface area is 159 Å². The maximum Gasteiger partial charge on any atom is 0.408 e. The number of benzene rings is 1. The molecule has 0 aliphatic heterocycles. The summed E-state index contributed by atoms with van der Waals surface area (Å²) in [4.78, 5) is 37.6. The van der Waals surface area contributed by atoms with Crippen molar-refractivity contribution in [2.75, 3.05) is 13.6 Å². The number of aliphatic carboxylic acids is 1. The first-order valence-corrected chi connectivity index (χ1v) is 8.71. The number of nitrogens with zero attached hydrogens (tertiary/aromatic N) is 1. The van der Waals surface area contributed by atoms with E-state index in [1.807, 2.05) is 0 Å². The topological polar surface area (TPSA) is 95.9 Å². The summed E-state index contributed by atoms with van der Waals surface area (Å²) in [5, 5.41) is 11.6. The highest BCUT2D eigenvalue weighted by Gasteiger charge is 2.24. The van der Waals surface area contributed by atoms with Gasteiger partial charge in [0.15, 0.2) is 0 Å². The van der Waals surface area contributed by atoms with Gasteiger partial charge in [0, 0.05) is 24.1 Å². The largest absolute Gasteiger partial charge is 0.480 e. The van der Waals surface area contributed by atoms with Gasteiger partial charge in [-0.15, -0.1) is 12.6 Å². The molecule has 144 valence electrons. The normalized spacial score (nSPS) is 12.2. The quantitative estimate of drug-likeness (QED) is 0.630. The molecule has 0 saturated heterocycles. The fourth-order valence-corrected chi connectivity index (χ4v) is 2.43. The Morgan fingerprint density at radius 3 is 2.50 bits per heavy atom. The number of carboxylic acid groups (broad SMARTS) is 1. The molecule has 0 radical (unpaired) electrons. The molecule has 8 heteroatoms. The number of carbonyl (C=O) groups excluding carboxylic acids is 2. The number of carbonyl (C=O) groups is 3. The Kier molecular flexibility index (Phi) is 7.95. The number of carboxylic acids is 1. The lowest BCUT2D eigenvalue weighted by Gasteiger charge is -2.22. The minimum absolute atomic E-state index is 0.173. The van der Waals surface area contributed by atoms with E-state index in [2.05, 4.69) is 17.9 Å². The van der Waals surface area contributed by atoms with Crippen LogP contribution >= 0.6 is 12.6 Å². The van der Waals surface area contributed by atoms with Crippen molar-refractivity contribution in [1.82, 2.24) is 10.2 Å². The summed E-state index contributed by atoms with van der Waals surface area (Å²) < 4.78 is 5.07. The van der Waals surface area contributed by atoms with Crippen LogP contribution in [-0.2, 0) is 9.53 Å². The average molecular weight is 382 g/mol. The molecule has 1 atom stereocenters. The first kappa shape index (κ1) is 21.8. The van der Waals surface area contributed by atoms with Crippen molar-refractivity contribution in [3.05, 3.63) is 29.8 Å². The Bertz CT molecular complexity index is 657. The van der Waals surface area contributed by atoms with Crippen LogP contribution in [0, 0.1) is 0 Å². The molecule has 2 amide bonds. The summed E-state index contributed by atoms with van der Waals surface area (Å²) in [5.41, 5.74) is -0.192. The van der Waals surface area contributed by atoms with E-state index in [1.165, 1.54) is 4.90 Å². The number of nitrogens with one attached hydrogen (secondary N) is 1. The predicted octanol–water partition coefficient (Wildman–Crippen LogP) is 2.81. The van der Waals surface area contributed by atoms with Crippen LogP contribution in [-0.4, -0.2) is 53.2 Å². The minimum atomic E-state index is -1.15. The van der Waals surface area contributed by atoms with Crippen LogP contribution in [0.2, 0.25) is 0 Å². The number of alkyl carbamates (subject to hydrolysis) is 1. The summed E-state index contributed by atoms with van der Waals surface area (Å²) in [6.07, 6.45) is -0.186. The fraction of sp³-hybridized carbons (Fsp3) is 0.500. The molecule has 0 spiro atoms. The second kappa shape index (κ2) is 9.47. The van der Waals surface area contributed by atoms with Gasteiger partial charge in [-0.25, -0.2) is 9.59 Å². The molecule has 0 bridgehead atoms. The van der Waals surface area contributed by atoms with Gasteiger partial charge in [-0.3, -0.25) is 4.79 Å². The first-order chi connectivity index (χ1) is 12.0. The Morgan fingerprint density at radius 2 is 1.96 bits per heavy atom. The predicted molar refractivity (Wildman–Crippen MR) is 101 cm³/mol. The molecule has 2 N–H and O–H groups in total. The zero-order chi connectivity index (χ0) is 19.9. The third-order valence-electron chi connectivity index (χ3n) is 3.42. The van der Waals surface area contributed by atoms with Crippen LogP contribution in [0.1, 0.15) is 44.0 Å². The maximum atomic E-state index is 12.3. The SMILES string of the molecule is CN(CCCC(NC(=O)OC(C)(C)C)C(=O)O)C(=O)c1cccc(S)c1. The van der Waals surface area contributed by atoms with E-state index < -0.39 is 23.7 Å². The number of hydrogen-bond acceptors (Lipinski definition) is 5. The van der Waals surface area contributed by atoms with Gasteiger partial charge in [-0.1, -0.05) is 6.07 Å². The third-order valence-corrected chi connectivity index (χ3v) is 3.69. The molecule has 0 saturated carbocycles. The second-order valence-electron chi connectivity index (χ2n) is 6.96. The van der Waals surface area contributed by atoms with Crippen molar-refractivity contribution < 1.29 is 24.2 Å². The van der Waals surface area contributed by atoms with Crippen molar-refractivity contribution in [2.45, 2.75) is 50.2 Å². The fourth-order valence-electron chi connectivity index (χ4n) is 2.20. The lowest BCUT2D eigenvalue weighted by Crippen LogP contribution is -2.43. The van der Waals surface area contributed by atoms with Gasteiger partial charge in [0.2, 0.25) is 0 Å². The molecule has 1 rings (SSSR count). The van der Waals surface area contributed by atoms with Crippen LogP contribution < -0.4 is 5.32 Å². The summed E-state index contributed by atoms with van der Waals surface area (Å²) in [6.45, 7) is 5.45. The Morgan fingerprint density at radius 1 is 1.31 bits per heavy atom. The van der Waals surface area contributed by atoms with Gasteiger partial charge in [-0.2, -0.15) is 0 Å². The average Bonchev–Trinajstić information content (AvgIpc) is 2.51. The zero-order valence-electron chi connectivity index (χ0n) is 15.5. The van der Waals surface area contributed by atoms with E-state index >= 15 is 0 Å². The van der Waals surface area contributed by atoms with E-state index in [0.717, 1.165) is 0 Å². The smallest absolute Gasteiger partial charge is 0.408 e. The standard InChI is InChI=1S/C18H26N2O5S/c1-18(2,3)25-17(24)19-14(16(22)23)9-6-10-20(4)15(21)12-7-5-8-13(26)11-12/h5,7-8,11,14,26H,6,9-10H2,1-4H3,(H,19,24)(H,22,23). The molecule has 1 aromatic rings. The van der Waals surface area contributed by atoms with Crippen LogP contribution in [0.25, 0.3) is 0 Å². The van der Waals surface area contributed by atoms with Crippen LogP contribution in [0.3, 0.4) is 0 Å². The van der Waals surface area contributed by atoms with Gasteiger partial charge in [0.1, 0.15) is 11.6 Å². The molecule has 26 heavy (non-hydrogen) atoms. The number of amides is 2. The first-order valence-electron chi connectivity index (χ1n) is 8.26. The van der Waals surface area contributed by atoms with Gasteiger partial charge in [0.05, 0.1) is 0 Å². The van der Waals surface area contributed by atoms with Crippen molar-refractivity contribution >= 4 is 30.6 Å². The summed E-state index contributed by atoms with van der Waals surface area (Å²) in [6, 6.07) is 5.82. The maximum absolute atomic E-state index is 12.3. The highest BCUT2D eigenvalue weighted by atomic mass is 32.1. The zero-order valence-corrected chi connectivity index (χ0v) is 16.4. The number of hydrogen-bond donors (Lipinski definition) is 3. The Balaban J connectivity index is 2.53. The van der Waals surface area contributed by atoms with E-state index in [1.54, 1.807) is 52.1 Å². The van der Waals surface area contributed by atoms with E-state index in [-0.39, 0.29) is 12.3 Å². The molecule has 0 aliphatic rings. The second-order valence-corrected chi connectivity index (χ2v) is 7.47. The number of ether oxygens (including phenoxy) is 1. The van der Waals surface area contributed by atoms with Crippen molar-refractivity contribution in [2.24, 2.45) is 0 Å². The number of thiol groups is 1. The van der Waals surface area contributed by atoms with Gasteiger partial charge in [-0.05, 0) is 51.8 Å².